The molecule has 3 heterocycles. The van der Waals surface area contributed by atoms with Gasteiger partial charge >= 0.3 is 0 Å². The van der Waals surface area contributed by atoms with E-state index in [1.807, 2.05) is 13.0 Å². The van der Waals surface area contributed by atoms with E-state index in [-0.39, 0.29) is 17.7 Å². The number of carbonyl (C=O) groups excluding carboxylic acids is 1. The van der Waals surface area contributed by atoms with E-state index in [0.29, 0.717) is 36.6 Å². The Morgan fingerprint density at radius 1 is 1.36 bits per heavy atom. The monoisotopic (exact) mass is 402 g/mol. The van der Waals surface area contributed by atoms with Gasteiger partial charge < -0.3 is 10.1 Å². The summed E-state index contributed by atoms with van der Waals surface area (Å²) in [5.41, 5.74) is 1.52. The summed E-state index contributed by atoms with van der Waals surface area (Å²) >= 11 is 1.37. The lowest BCUT2D eigenvalue weighted by atomic mass is 10.0. The summed E-state index contributed by atoms with van der Waals surface area (Å²) in [6, 6.07) is 2.96. The third-order valence-electron chi connectivity index (χ3n) is 4.60. The molecule has 3 rings (SSSR count). The van der Waals surface area contributed by atoms with Crippen molar-refractivity contribution in [3.63, 3.8) is 0 Å². The van der Waals surface area contributed by atoms with Crippen molar-refractivity contribution in [3.8, 4) is 0 Å². The molecule has 2 aromatic heterocycles. The van der Waals surface area contributed by atoms with Gasteiger partial charge in [-0.2, -0.15) is 0 Å². The number of aryl methyl sites for hydroxylation is 1. The molecule has 0 atom stereocenters. The van der Waals surface area contributed by atoms with E-state index in [1.54, 1.807) is 6.20 Å². The van der Waals surface area contributed by atoms with Gasteiger partial charge in [0.15, 0.2) is 0 Å². The lowest BCUT2D eigenvalue weighted by molar-refractivity contribution is 0.0698. The number of carbonyl (C=O) groups is 1. The standard InChI is InChI=1S/C20H23FN4O2S/c1-2-13(19(22)16-5-4-14(21)11-23-16)3-6-18-24-12-17(28-18)20(26)25-15-7-9-27-10-8-15/h2,4-5,11-12,15,22H,3,6-10H2,1H3,(H,25,26). The molecular weight excluding hydrogens is 379 g/mol. The molecule has 148 valence electrons. The second kappa shape index (κ2) is 9.66. The van der Waals surface area contributed by atoms with Gasteiger partial charge in [0.25, 0.3) is 5.91 Å². The number of aromatic nitrogens is 2. The fraction of sp³-hybridized carbons (Fsp3) is 0.400. The largest absolute Gasteiger partial charge is 0.381 e. The normalized spacial score (nSPS) is 15.4. The van der Waals surface area contributed by atoms with Crippen molar-refractivity contribution in [3.05, 3.63) is 57.6 Å². The Balaban J connectivity index is 1.55. The van der Waals surface area contributed by atoms with Crippen LogP contribution in [0.1, 0.15) is 46.6 Å². The van der Waals surface area contributed by atoms with Crippen LogP contribution < -0.4 is 5.32 Å². The maximum absolute atomic E-state index is 13.0. The van der Waals surface area contributed by atoms with E-state index in [1.165, 1.54) is 23.5 Å². The Bertz CT molecular complexity index is 857. The first-order chi connectivity index (χ1) is 13.6. The van der Waals surface area contributed by atoms with E-state index in [0.717, 1.165) is 29.6 Å². The number of nitrogens with one attached hydrogen (secondary N) is 2. The molecule has 0 unspecified atom stereocenters. The molecule has 0 aromatic carbocycles. The minimum absolute atomic E-state index is 0.0924. The van der Waals surface area contributed by atoms with Crippen molar-refractivity contribution in [1.29, 1.82) is 5.41 Å². The van der Waals surface area contributed by atoms with Gasteiger partial charge in [-0.1, -0.05) is 6.08 Å². The first kappa shape index (κ1) is 20.3. The zero-order valence-corrected chi connectivity index (χ0v) is 16.5. The smallest absolute Gasteiger partial charge is 0.263 e. The van der Waals surface area contributed by atoms with E-state index >= 15 is 0 Å². The SMILES string of the molecule is CC=C(CCc1ncc(C(=O)NC2CCOCC2)s1)C(=N)c1ccc(F)cn1. The number of allylic oxidation sites excluding steroid dienone is 2. The number of rotatable bonds is 7. The van der Waals surface area contributed by atoms with Crippen LogP contribution in [0.3, 0.4) is 0 Å². The van der Waals surface area contributed by atoms with Crippen LogP contribution >= 0.6 is 11.3 Å². The van der Waals surface area contributed by atoms with Crippen molar-refractivity contribution >= 4 is 23.0 Å². The second-order valence-corrected chi connectivity index (χ2v) is 7.64. The molecule has 0 bridgehead atoms. The molecule has 28 heavy (non-hydrogen) atoms. The van der Waals surface area contributed by atoms with Gasteiger partial charge in [0.05, 0.1) is 28.8 Å². The zero-order chi connectivity index (χ0) is 19.9. The van der Waals surface area contributed by atoms with Crippen LogP contribution in [0.2, 0.25) is 0 Å². The molecule has 6 nitrogen and oxygen atoms in total. The molecule has 1 amide bonds. The van der Waals surface area contributed by atoms with E-state index in [9.17, 15) is 9.18 Å². The number of hydrogen-bond acceptors (Lipinski definition) is 6. The number of halogens is 1. The van der Waals surface area contributed by atoms with Gasteiger partial charge in [0.1, 0.15) is 10.7 Å². The van der Waals surface area contributed by atoms with E-state index in [2.05, 4.69) is 15.3 Å². The van der Waals surface area contributed by atoms with Crippen LogP contribution in [0, 0.1) is 11.2 Å². The molecule has 0 saturated carbocycles. The highest BCUT2D eigenvalue weighted by Crippen LogP contribution is 2.19. The quantitative estimate of drug-likeness (QED) is 0.694. The first-order valence-corrected chi connectivity index (χ1v) is 10.1. The van der Waals surface area contributed by atoms with Crippen LogP contribution in [0.4, 0.5) is 4.39 Å². The van der Waals surface area contributed by atoms with Crippen molar-refractivity contribution in [2.75, 3.05) is 13.2 Å². The summed E-state index contributed by atoms with van der Waals surface area (Å²) in [5.74, 6) is -0.516. The highest BCUT2D eigenvalue weighted by Gasteiger charge is 2.19. The average Bonchev–Trinajstić information content (AvgIpc) is 3.19. The number of thiazole rings is 1. The Hall–Kier alpha value is -2.45. The number of hydrogen-bond donors (Lipinski definition) is 2. The van der Waals surface area contributed by atoms with Crippen molar-refractivity contribution in [2.24, 2.45) is 0 Å². The Labute approximate surface area is 167 Å². The lowest BCUT2D eigenvalue weighted by Crippen LogP contribution is -2.38. The van der Waals surface area contributed by atoms with E-state index < -0.39 is 5.82 Å². The Morgan fingerprint density at radius 2 is 2.14 bits per heavy atom. The Kier molecular flexibility index (Phi) is 7.00. The second-order valence-electron chi connectivity index (χ2n) is 6.53. The molecule has 0 radical (unpaired) electrons. The fourth-order valence-corrected chi connectivity index (χ4v) is 3.79. The molecule has 0 spiro atoms. The van der Waals surface area contributed by atoms with Gasteiger partial charge in [-0.15, -0.1) is 11.3 Å². The van der Waals surface area contributed by atoms with Crippen LogP contribution in [0.25, 0.3) is 0 Å². The van der Waals surface area contributed by atoms with Crippen LogP contribution in [0.15, 0.2) is 36.2 Å². The third kappa shape index (κ3) is 5.30. The van der Waals surface area contributed by atoms with Crippen molar-refractivity contribution < 1.29 is 13.9 Å². The minimum Gasteiger partial charge on any atom is -0.381 e. The average molecular weight is 402 g/mol. The summed E-state index contributed by atoms with van der Waals surface area (Å²) in [7, 11) is 0. The topological polar surface area (TPSA) is 88.0 Å². The van der Waals surface area contributed by atoms with Crippen molar-refractivity contribution in [1.82, 2.24) is 15.3 Å². The predicted molar refractivity (Wildman–Crippen MR) is 107 cm³/mol. The summed E-state index contributed by atoms with van der Waals surface area (Å²) in [5, 5.41) is 12.2. The molecule has 2 N–H and O–H groups in total. The molecule has 1 aliphatic rings. The van der Waals surface area contributed by atoms with Crippen LogP contribution in [-0.4, -0.2) is 40.8 Å². The number of nitrogens with zero attached hydrogens (tertiary/aromatic N) is 2. The summed E-state index contributed by atoms with van der Waals surface area (Å²) < 4.78 is 18.3. The maximum atomic E-state index is 13.0. The fourth-order valence-electron chi connectivity index (χ4n) is 2.97. The zero-order valence-electron chi connectivity index (χ0n) is 15.7. The van der Waals surface area contributed by atoms with Gasteiger partial charge in [-0.3, -0.25) is 15.2 Å². The van der Waals surface area contributed by atoms with Crippen molar-refractivity contribution in [2.45, 2.75) is 38.6 Å². The van der Waals surface area contributed by atoms with Gasteiger partial charge in [-0.05, 0) is 43.9 Å². The highest BCUT2D eigenvalue weighted by molar-refractivity contribution is 7.13. The lowest BCUT2D eigenvalue weighted by Gasteiger charge is -2.22. The molecule has 2 aromatic rings. The number of pyridine rings is 1. The first-order valence-electron chi connectivity index (χ1n) is 9.26. The molecule has 1 aliphatic heterocycles. The number of ether oxygens (including phenoxy) is 1. The minimum atomic E-state index is -0.423. The van der Waals surface area contributed by atoms with Gasteiger partial charge in [-0.25, -0.2) is 9.37 Å². The van der Waals surface area contributed by atoms with Gasteiger partial charge in [0, 0.05) is 25.7 Å². The highest BCUT2D eigenvalue weighted by atomic mass is 32.1. The molecule has 8 heteroatoms. The summed E-state index contributed by atoms with van der Waals surface area (Å²) in [6.07, 6.45) is 7.47. The maximum Gasteiger partial charge on any atom is 0.263 e. The van der Waals surface area contributed by atoms with E-state index in [4.69, 9.17) is 10.1 Å². The molecular formula is C20H23FN4O2S. The Morgan fingerprint density at radius 3 is 2.82 bits per heavy atom. The van der Waals surface area contributed by atoms with Crippen LogP contribution in [-0.2, 0) is 11.2 Å². The van der Waals surface area contributed by atoms with Crippen LogP contribution in [0.5, 0.6) is 0 Å². The van der Waals surface area contributed by atoms with Gasteiger partial charge in [0.2, 0.25) is 0 Å². The number of amides is 1. The third-order valence-corrected chi connectivity index (χ3v) is 5.65. The molecule has 1 fully saturated rings. The summed E-state index contributed by atoms with van der Waals surface area (Å²) in [6.45, 7) is 3.22. The predicted octanol–water partition coefficient (Wildman–Crippen LogP) is 3.53. The summed E-state index contributed by atoms with van der Waals surface area (Å²) in [4.78, 5) is 21.3. The molecule has 0 aliphatic carbocycles. The molecule has 1 saturated heterocycles.